The first-order valence-electron chi connectivity index (χ1n) is 28.7. The van der Waals surface area contributed by atoms with Crippen LogP contribution < -0.4 is 5.32 Å². The first-order valence-corrected chi connectivity index (χ1v) is 28.7. The second-order valence-electron chi connectivity index (χ2n) is 20.0. The molecule has 0 aromatic carbocycles. The van der Waals surface area contributed by atoms with E-state index in [1.807, 2.05) is 0 Å². The van der Waals surface area contributed by atoms with Crippen LogP contribution >= 0.6 is 0 Å². The van der Waals surface area contributed by atoms with E-state index in [0.29, 0.717) is 12.8 Å². The van der Waals surface area contributed by atoms with Gasteiger partial charge in [-0.3, -0.25) is 4.79 Å². The van der Waals surface area contributed by atoms with Crippen LogP contribution in [0.3, 0.4) is 0 Å². The molecule has 0 saturated carbocycles. The summed E-state index contributed by atoms with van der Waals surface area (Å²) in [6.07, 6.45) is 64.0. The molecule has 0 aliphatic rings. The Kier molecular flexibility index (Phi) is 51.8. The van der Waals surface area contributed by atoms with Crippen LogP contribution in [0.4, 0.5) is 0 Å². The number of aliphatic hydroxyl groups excluding tert-OH is 4. The van der Waals surface area contributed by atoms with Crippen LogP contribution in [0.5, 0.6) is 0 Å². The van der Waals surface area contributed by atoms with E-state index >= 15 is 0 Å². The van der Waals surface area contributed by atoms with Gasteiger partial charge in [-0.25, -0.2) is 0 Å². The molecule has 6 heteroatoms. The van der Waals surface area contributed by atoms with Crippen LogP contribution in [0.1, 0.15) is 309 Å². The fourth-order valence-corrected chi connectivity index (χ4v) is 9.14. The van der Waals surface area contributed by atoms with Gasteiger partial charge in [0.05, 0.1) is 18.8 Å². The van der Waals surface area contributed by atoms with Crippen LogP contribution in [-0.2, 0) is 4.79 Å². The Bertz CT molecular complexity index is 970. The van der Waals surface area contributed by atoms with Gasteiger partial charge in [0.2, 0.25) is 5.91 Å². The molecule has 0 aromatic heterocycles. The smallest absolute Gasteiger partial charge is 0.249 e. The first kappa shape index (κ1) is 62.8. The molecule has 0 spiro atoms. The molecule has 1 amide bonds. The highest BCUT2D eigenvalue weighted by molar-refractivity contribution is 5.80. The molecule has 6 nitrogen and oxygen atoms in total. The van der Waals surface area contributed by atoms with Gasteiger partial charge in [-0.1, -0.05) is 289 Å². The number of amides is 1. The van der Waals surface area contributed by atoms with Crippen LogP contribution in [0.2, 0.25) is 0 Å². The Morgan fingerprint density at radius 2 is 0.672 bits per heavy atom. The highest BCUT2D eigenvalue weighted by atomic mass is 16.3. The van der Waals surface area contributed by atoms with Crippen LogP contribution in [0, 0.1) is 0 Å². The molecule has 0 bridgehead atoms. The topological polar surface area (TPSA) is 110 Å². The second-order valence-corrected chi connectivity index (χ2v) is 20.0. The number of allylic oxidation sites excluding steroid dienone is 4. The third kappa shape index (κ3) is 45.9. The summed E-state index contributed by atoms with van der Waals surface area (Å²) in [6, 6.07) is -0.990. The molecule has 0 heterocycles. The fourth-order valence-electron chi connectivity index (χ4n) is 9.14. The van der Waals surface area contributed by atoms with Crippen molar-refractivity contribution in [1.82, 2.24) is 5.32 Å². The summed E-state index contributed by atoms with van der Waals surface area (Å²) < 4.78 is 0. The molecule has 4 atom stereocenters. The maximum atomic E-state index is 12.6. The molecule has 0 saturated heterocycles. The summed E-state index contributed by atoms with van der Waals surface area (Å²) in [7, 11) is 0. The van der Waals surface area contributed by atoms with Gasteiger partial charge in [-0.15, -0.1) is 0 Å². The van der Waals surface area contributed by atoms with E-state index in [-0.39, 0.29) is 0 Å². The summed E-state index contributed by atoms with van der Waals surface area (Å²) in [6.45, 7) is 4.05. The monoisotopic (exact) mass is 904 g/mol. The van der Waals surface area contributed by atoms with E-state index in [1.165, 1.54) is 225 Å². The summed E-state index contributed by atoms with van der Waals surface area (Å²) in [4.78, 5) is 12.6. The van der Waals surface area contributed by atoms with Gasteiger partial charge in [0.15, 0.2) is 0 Å². The van der Waals surface area contributed by atoms with Gasteiger partial charge in [0, 0.05) is 0 Å². The van der Waals surface area contributed by atoms with Crippen molar-refractivity contribution < 1.29 is 25.2 Å². The molecule has 5 N–H and O–H groups in total. The number of aliphatic hydroxyl groups is 4. The van der Waals surface area contributed by atoms with Crippen molar-refractivity contribution in [3.8, 4) is 0 Å². The molecule has 0 aliphatic heterocycles. The highest BCUT2D eigenvalue weighted by Crippen LogP contribution is 2.18. The van der Waals surface area contributed by atoms with Crippen molar-refractivity contribution in [2.24, 2.45) is 0 Å². The van der Waals surface area contributed by atoms with E-state index in [4.69, 9.17) is 0 Å². The number of hydrogen-bond donors (Lipinski definition) is 5. The minimum atomic E-state index is -1.26. The van der Waals surface area contributed by atoms with E-state index in [0.717, 1.165) is 57.8 Å². The van der Waals surface area contributed by atoms with Crippen LogP contribution in [0.15, 0.2) is 24.3 Å². The molecule has 0 aliphatic carbocycles. The lowest BCUT2D eigenvalue weighted by molar-refractivity contribution is -0.132. The lowest BCUT2D eigenvalue weighted by Gasteiger charge is -2.27. The Hall–Kier alpha value is -1.21. The largest absolute Gasteiger partial charge is 0.394 e. The summed E-state index contributed by atoms with van der Waals surface area (Å²) in [5.74, 6) is -0.589. The zero-order chi connectivity index (χ0) is 46.7. The van der Waals surface area contributed by atoms with Gasteiger partial charge < -0.3 is 25.7 Å². The normalized spacial score (nSPS) is 13.9. The van der Waals surface area contributed by atoms with Crippen molar-refractivity contribution in [3.63, 3.8) is 0 Å². The quantitative estimate of drug-likeness (QED) is 0.0308. The van der Waals surface area contributed by atoms with Crippen molar-refractivity contribution in [2.45, 2.75) is 334 Å². The summed E-state index contributed by atoms with van der Waals surface area (Å²) >= 11 is 0. The number of rotatable bonds is 53. The lowest BCUT2D eigenvalue weighted by Crippen LogP contribution is -2.53. The minimum Gasteiger partial charge on any atom is -0.394 e. The molecule has 4 unspecified atom stereocenters. The van der Waals surface area contributed by atoms with E-state index < -0.39 is 36.9 Å². The Morgan fingerprint density at radius 3 is 1.02 bits per heavy atom. The highest BCUT2D eigenvalue weighted by Gasteiger charge is 2.28. The molecular formula is C58H113NO5. The molecular weight excluding hydrogens is 791 g/mol. The Balaban J connectivity index is 3.55. The number of carbonyl (C=O) groups excluding carboxylic acids is 1. The SMILES string of the molecule is CCCCC/C=C\C/C=C\CCCCCCCCC(O)C(=O)NC(CO)C(O)C(O)CCCCCCCCCCCCCCCCCCCCCCCCCCCCCCCCCC. The van der Waals surface area contributed by atoms with Gasteiger partial charge in [0.1, 0.15) is 12.2 Å². The fraction of sp³-hybridized carbons (Fsp3) is 0.914. The molecule has 0 radical (unpaired) electrons. The predicted octanol–water partition coefficient (Wildman–Crippen LogP) is 16.6. The third-order valence-electron chi connectivity index (χ3n) is 13.7. The van der Waals surface area contributed by atoms with Crippen LogP contribution in [-0.4, -0.2) is 57.3 Å². The molecule has 0 rings (SSSR count). The minimum absolute atomic E-state index is 0.358. The maximum absolute atomic E-state index is 12.6. The molecule has 380 valence electrons. The van der Waals surface area contributed by atoms with Gasteiger partial charge in [-0.05, 0) is 44.9 Å². The van der Waals surface area contributed by atoms with Gasteiger partial charge >= 0.3 is 0 Å². The standard InChI is InChI=1S/C58H113NO5/c1-3-5-7-9-11-13-15-17-19-21-22-23-24-25-26-27-28-29-30-31-32-33-34-35-36-38-39-41-43-45-47-49-51-55(61)57(63)54(53-60)59-58(64)56(62)52-50-48-46-44-42-40-37-20-18-16-14-12-10-8-6-4-2/h12,14,18,20,54-57,60-63H,3-11,13,15-17,19,21-53H2,1-2H3,(H,59,64)/b14-12-,20-18-. The molecule has 0 aromatic rings. The average Bonchev–Trinajstić information content (AvgIpc) is 3.30. The van der Waals surface area contributed by atoms with Gasteiger partial charge in [0.25, 0.3) is 0 Å². The summed E-state index contributed by atoms with van der Waals surface area (Å²) in [5.41, 5.74) is 0. The van der Waals surface area contributed by atoms with Crippen molar-refractivity contribution in [1.29, 1.82) is 0 Å². The molecule has 0 fully saturated rings. The van der Waals surface area contributed by atoms with E-state index in [2.05, 4.69) is 43.5 Å². The number of hydrogen-bond acceptors (Lipinski definition) is 5. The van der Waals surface area contributed by atoms with Crippen LogP contribution in [0.25, 0.3) is 0 Å². The third-order valence-corrected chi connectivity index (χ3v) is 13.7. The predicted molar refractivity (Wildman–Crippen MR) is 279 cm³/mol. The first-order chi connectivity index (χ1) is 31.5. The molecule has 64 heavy (non-hydrogen) atoms. The number of nitrogens with one attached hydrogen (secondary N) is 1. The Labute approximate surface area is 399 Å². The zero-order valence-electron chi connectivity index (χ0n) is 43.0. The van der Waals surface area contributed by atoms with Crippen molar-refractivity contribution in [3.05, 3.63) is 24.3 Å². The lowest BCUT2D eigenvalue weighted by atomic mass is 9.99. The second kappa shape index (κ2) is 52.8. The number of unbranched alkanes of at least 4 members (excludes halogenated alkanes) is 40. The van der Waals surface area contributed by atoms with Gasteiger partial charge in [-0.2, -0.15) is 0 Å². The number of carbonyl (C=O) groups is 1. The maximum Gasteiger partial charge on any atom is 0.249 e. The average molecular weight is 905 g/mol. The van der Waals surface area contributed by atoms with Crippen molar-refractivity contribution >= 4 is 5.91 Å². The zero-order valence-corrected chi connectivity index (χ0v) is 43.0. The van der Waals surface area contributed by atoms with E-state index in [9.17, 15) is 25.2 Å². The summed E-state index contributed by atoms with van der Waals surface area (Å²) in [5, 5.41) is 44.0. The van der Waals surface area contributed by atoms with Crippen molar-refractivity contribution in [2.75, 3.05) is 6.61 Å². The Morgan fingerprint density at radius 1 is 0.391 bits per heavy atom. The van der Waals surface area contributed by atoms with E-state index in [1.54, 1.807) is 0 Å².